The van der Waals surface area contributed by atoms with Crippen molar-refractivity contribution < 1.29 is 0 Å². The fourth-order valence-corrected chi connectivity index (χ4v) is 3.97. The Balaban J connectivity index is 2.64. The topological polar surface area (TPSA) is 15.3 Å². The van der Waals surface area contributed by atoms with Crippen LogP contribution in [0.4, 0.5) is 0 Å². The summed E-state index contributed by atoms with van der Waals surface area (Å²) < 4.78 is 0. The third-order valence-corrected chi connectivity index (χ3v) is 4.86. The Kier molecular flexibility index (Phi) is 8.89. The number of nitrogens with zero attached hydrogens (tertiary/aromatic N) is 1. The minimum absolute atomic E-state index is 0.432. The molecule has 1 rings (SSSR count). The molecule has 0 amide bonds. The Morgan fingerprint density at radius 1 is 1.14 bits per heavy atom. The monoisotopic (exact) mass is 296 g/mol. The predicted octanol–water partition coefficient (Wildman–Crippen LogP) is 4.69. The Labute approximate surface area is 134 Å². The fourth-order valence-electron chi connectivity index (χ4n) is 3.97. The zero-order chi connectivity index (χ0) is 15.7. The molecule has 0 radical (unpaired) electrons. The van der Waals surface area contributed by atoms with Crippen LogP contribution in [0.3, 0.4) is 0 Å². The van der Waals surface area contributed by atoms with Crippen LogP contribution in [0.5, 0.6) is 0 Å². The molecule has 1 saturated carbocycles. The summed E-state index contributed by atoms with van der Waals surface area (Å²) in [5.74, 6) is 0.778. The zero-order valence-corrected chi connectivity index (χ0v) is 15.4. The SMILES string of the molecule is CCCNCC(C)(CCC)CN(CC(C)C)C1CCCC1. The largest absolute Gasteiger partial charge is 0.316 e. The highest BCUT2D eigenvalue weighted by molar-refractivity contribution is 4.86. The Bertz CT molecular complexity index is 258. The molecule has 1 fully saturated rings. The maximum Gasteiger partial charge on any atom is 0.00956 e. The molecule has 0 spiro atoms. The van der Waals surface area contributed by atoms with Gasteiger partial charge in [-0.3, -0.25) is 4.90 Å². The van der Waals surface area contributed by atoms with E-state index < -0.39 is 0 Å². The second-order valence-corrected chi connectivity index (χ2v) is 8.00. The average molecular weight is 297 g/mol. The normalized spacial score (nSPS) is 19.6. The molecule has 1 atom stereocenters. The number of hydrogen-bond acceptors (Lipinski definition) is 2. The first kappa shape index (κ1) is 19.0. The van der Waals surface area contributed by atoms with E-state index in [2.05, 4.69) is 44.8 Å². The third kappa shape index (κ3) is 7.15. The number of hydrogen-bond donors (Lipinski definition) is 1. The molecule has 0 aromatic heterocycles. The van der Waals surface area contributed by atoms with Gasteiger partial charge in [-0.25, -0.2) is 0 Å². The van der Waals surface area contributed by atoms with Crippen LogP contribution >= 0.6 is 0 Å². The van der Waals surface area contributed by atoms with Crippen LogP contribution in [0.1, 0.15) is 79.6 Å². The smallest absolute Gasteiger partial charge is 0.00956 e. The lowest BCUT2D eigenvalue weighted by molar-refractivity contribution is 0.0988. The summed E-state index contributed by atoms with van der Waals surface area (Å²) in [6.07, 6.45) is 9.61. The molecule has 0 bridgehead atoms. The van der Waals surface area contributed by atoms with Crippen LogP contribution in [-0.2, 0) is 0 Å². The lowest BCUT2D eigenvalue weighted by atomic mass is 9.84. The van der Waals surface area contributed by atoms with Crippen molar-refractivity contribution in [2.24, 2.45) is 11.3 Å². The van der Waals surface area contributed by atoms with Gasteiger partial charge in [0.1, 0.15) is 0 Å². The molecular weight excluding hydrogens is 256 g/mol. The van der Waals surface area contributed by atoms with Gasteiger partial charge in [0.05, 0.1) is 0 Å². The van der Waals surface area contributed by atoms with Crippen molar-refractivity contribution in [3.8, 4) is 0 Å². The third-order valence-electron chi connectivity index (χ3n) is 4.86. The molecule has 126 valence electrons. The summed E-state index contributed by atoms with van der Waals surface area (Å²) in [5, 5.41) is 3.68. The van der Waals surface area contributed by atoms with E-state index in [1.165, 1.54) is 64.6 Å². The lowest BCUT2D eigenvalue weighted by Gasteiger charge is -2.39. The number of rotatable bonds is 11. The van der Waals surface area contributed by atoms with Crippen molar-refractivity contribution in [3.05, 3.63) is 0 Å². The summed E-state index contributed by atoms with van der Waals surface area (Å²) >= 11 is 0. The van der Waals surface area contributed by atoms with Crippen molar-refractivity contribution >= 4 is 0 Å². The Hall–Kier alpha value is -0.0800. The van der Waals surface area contributed by atoms with Gasteiger partial charge in [-0.2, -0.15) is 0 Å². The van der Waals surface area contributed by atoms with E-state index in [1.54, 1.807) is 0 Å². The van der Waals surface area contributed by atoms with Crippen LogP contribution < -0.4 is 5.32 Å². The second kappa shape index (κ2) is 9.84. The van der Waals surface area contributed by atoms with Gasteiger partial charge in [0.15, 0.2) is 0 Å². The Morgan fingerprint density at radius 2 is 1.81 bits per heavy atom. The van der Waals surface area contributed by atoms with Crippen molar-refractivity contribution in [1.29, 1.82) is 0 Å². The van der Waals surface area contributed by atoms with Gasteiger partial charge in [-0.1, -0.05) is 53.9 Å². The van der Waals surface area contributed by atoms with Crippen LogP contribution in [0, 0.1) is 11.3 Å². The first-order valence-electron chi connectivity index (χ1n) is 9.45. The molecule has 21 heavy (non-hydrogen) atoms. The minimum Gasteiger partial charge on any atom is -0.316 e. The van der Waals surface area contributed by atoms with Crippen LogP contribution in [0.15, 0.2) is 0 Å². The van der Waals surface area contributed by atoms with Gasteiger partial charge >= 0.3 is 0 Å². The van der Waals surface area contributed by atoms with Crippen molar-refractivity contribution in [2.75, 3.05) is 26.2 Å². The molecule has 1 unspecified atom stereocenters. The summed E-state index contributed by atoms with van der Waals surface area (Å²) in [4.78, 5) is 2.83. The lowest BCUT2D eigenvalue weighted by Crippen LogP contribution is -2.47. The Morgan fingerprint density at radius 3 is 2.33 bits per heavy atom. The maximum absolute atomic E-state index is 3.68. The first-order valence-corrected chi connectivity index (χ1v) is 9.45. The van der Waals surface area contributed by atoms with E-state index in [1.807, 2.05) is 0 Å². The predicted molar refractivity (Wildman–Crippen MR) is 94.8 cm³/mol. The highest BCUT2D eigenvalue weighted by atomic mass is 15.2. The fraction of sp³-hybridized carbons (Fsp3) is 1.00. The van der Waals surface area contributed by atoms with Crippen LogP contribution in [0.25, 0.3) is 0 Å². The molecule has 0 aromatic carbocycles. The van der Waals surface area contributed by atoms with E-state index in [0.717, 1.165) is 18.5 Å². The van der Waals surface area contributed by atoms with E-state index >= 15 is 0 Å². The first-order chi connectivity index (χ1) is 10.0. The van der Waals surface area contributed by atoms with Gasteiger partial charge in [0, 0.05) is 25.7 Å². The quantitative estimate of drug-likeness (QED) is 0.556. The van der Waals surface area contributed by atoms with Gasteiger partial charge in [-0.05, 0) is 43.6 Å². The van der Waals surface area contributed by atoms with Crippen molar-refractivity contribution in [3.63, 3.8) is 0 Å². The van der Waals surface area contributed by atoms with Gasteiger partial charge < -0.3 is 5.32 Å². The van der Waals surface area contributed by atoms with Gasteiger partial charge in [-0.15, -0.1) is 0 Å². The summed E-state index contributed by atoms with van der Waals surface area (Å²) in [6, 6.07) is 0.856. The summed E-state index contributed by atoms with van der Waals surface area (Å²) in [6.45, 7) is 16.7. The van der Waals surface area contributed by atoms with E-state index in [9.17, 15) is 0 Å². The standard InChI is InChI=1S/C19H40N2/c1-6-12-19(5,15-20-13-7-2)16-21(14-17(3)4)18-10-8-9-11-18/h17-18,20H,6-16H2,1-5H3. The van der Waals surface area contributed by atoms with Crippen molar-refractivity contribution in [1.82, 2.24) is 10.2 Å². The van der Waals surface area contributed by atoms with Crippen molar-refractivity contribution in [2.45, 2.75) is 85.6 Å². The molecule has 1 aliphatic carbocycles. The molecular formula is C19H40N2. The average Bonchev–Trinajstić information content (AvgIpc) is 2.92. The highest BCUT2D eigenvalue weighted by Crippen LogP contribution is 2.30. The van der Waals surface area contributed by atoms with E-state index in [-0.39, 0.29) is 0 Å². The molecule has 0 heterocycles. The maximum atomic E-state index is 3.68. The minimum atomic E-state index is 0.432. The molecule has 0 saturated heterocycles. The molecule has 1 N–H and O–H groups in total. The van der Waals surface area contributed by atoms with Gasteiger partial charge in [0.2, 0.25) is 0 Å². The molecule has 0 aliphatic heterocycles. The van der Waals surface area contributed by atoms with E-state index in [4.69, 9.17) is 0 Å². The molecule has 0 aromatic rings. The second-order valence-electron chi connectivity index (χ2n) is 8.00. The van der Waals surface area contributed by atoms with Crippen LogP contribution in [0.2, 0.25) is 0 Å². The summed E-state index contributed by atoms with van der Waals surface area (Å²) in [5.41, 5.74) is 0.432. The summed E-state index contributed by atoms with van der Waals surface area (Å²) in [7, 11) is 0. The van der Waals surface area contributed by atoms with Crippen LogP contribution in [-0.4, -0.2) is 37.1 Å². The van der Waals surface area contributed by atoms with Gasteiger partial charge in [0.25, 0.3) is 0 Å². The number of nitrogens with one attached hydrogen (secondary N) is 1. The molecule has 1 aliphatic rings. The molecule has 2 heteroatoms. The van der Waals surface area contributed by atoms with E-state index in [0.29, 0.717) is 5.41 Å². The highest BCUT2D eigenvalue weighted by Gasteiger charge is 2.31. The molecule has 2 nitrogen and oxygen atoms in total. The zero-order valence-electron chi connectivity index (χ0n) is 15.4.